The zero-order valence-corrected chi connectivity index (χ0v) is 17.2. The highest BCUT2D eigenvalue weighted by Gasteiger charge is 2.26. The summed E-state index contributed by atoms with van der Waals surface area (Å²) in [6.45, 7) is 3.27. The maximum atomic E-state index is 12.8. The summed E-state index contributed by atoms with van der Waals surface area (Å²) in [5.74, 6) is -0.168. The van der Waals surface area contributed by atoms with Crippen LogP contribution in [0, 0.1) is 6.92 Å². The molecule has 1 heterocycles. The number of morpholine rings is 1. The SMILES string of the molecule is Cc1ccc(S(=O)(=O)N2CCOCC2)cc1NC(=O)CCc1ccc(Cl)cc1. The van der Waals surface area contributed by atoms with E-state index in [9.17, 15) is 13.2 Å². The topological polar surface area (TPSA) is 75.7 Å². The number of sulfonamides is 1. The first-order valence-corrected chi connectivity index (χ1v) is 10.9. The van der Waals surface area contributed by atoms with Gasteiger partial charge in [0.25, 0.3) is 0 Å². The van der Waals surface area contributed by atoms with Crippen LogP contribution in [0.25, 0.3) is 0 Å². The summed E-state index contributed by atoms with van der Waals surface area (Å²) < 4.78 is 32.3. The van der Waals surface area contributed by atoms with Crippen molar-refractivity contribution in [1.29, 1.82) is 0 Å². The van der Waals surface area contributed by atoms with Gasteiger partial charge in [-0.15, -0.1) is 0 Å². The molecule has 0 aliphatic carbocycles. The fourth-order valence-corrected chi connectivity index (χ4v) is 4.51. The van der Waals surface area contributed by atoms with Crippen molar-refractivity contribution in [3.63, 3.8) is 0 Å². The zero-order chi connectivity index (χ0) is 20.1. The van der Waals surface area contributed by atoms with Gasteiger partial charge < -0.3 is 10.1 Å². The van der Waals surface area contributed by atoms with Gasteiger partial charge in [0.15, 0.2) is 0 Å². The number of hydrogen-bond donors (Lipinski definition) is 1. The molecule has 1 fully saturated rings. The molecule has 0 aromatic heterocycles. The van der Waals surface area contributed by atoms with Crippen molar-refractivity contribution in [2.24, 2.45) is 0 Å². The normalized spacial score (nSPS) is 15.4. The Hall–Kier alpha value is -1.93. The number of halogens is 1. The lowest BCUT2D eigenvalue weighted by Crippen LogP contribution is -2.40. The van der Waals surface area contributed by atoms with E-state index in [1.54, 1.807) is 24.3 Å². The van der Waals surface area contributed by atoms with Crippen LogP contribution < -0.4 is 5.32 Å². The average molecular weight is 423 g/mol. The molecule has 2 aromatic rings. The molecule has 0 unspecified atom stereocenters. The lowest BCUT2D eigenvalue weighted by Gasteiger charge is -2.26. The van der Waals surface area contributed by atoms with Gasteiger partial charge in [-0.1, -0.05) is 29.8 Å². The molecule has 1 aliphatic heterocycles. The lowest BCUT2D eigenvalue weighted by molar-refractivity contribution is -0.116. The third kappa shape index (κ3) is 5.11. The van der Waals surface area contributed by atoms with Crippen molar-refractivity contribution < 1.29 is 17.9 Å². The predicted octanol–water partition coefficient (Wildman–Crippen LogP) is 3.24. The van der Waals surface area contributed by atoms with Crippen molar-refractivity contribution in [3.8, 4) is 0 Å². The Balaban J connectivity index is 1.68. The van der Waals surface area contributed by atoms with Crippen LogP contribution in [0.4, 0.5) is 5.69 Å². The van der Waals surface area contributed by atoms with E-state index in [4.69, 9.17) is 16.3 Å². The van der Waals surface area contributed by atoms with Gasteiger partial charge in [0.2, 0.25) is 15.9 Å². The van der Waals surface area contributed by atoms with Gasteiger partial charge in [-0.25, -0.2) is 8.42 Å². The Bertz CT molecular complexity index is 939. The number of hydrogen-bond acceptors (Lipinski definition) is 4. The van der Waals surface area contributed by atoms with Crippen LogP contribution in [-0.4, -0.2) is 44.9 Å². The van der Waals surface area contributed by atoms with Crippen LogP contribution in [-0.2, 0) is 26.0 Å². The number of aryl methyl sites for hydroxylation is 2. The molecule has 8 heteroatoms. The highest BCUT2D eigenvalue weighted by Crippen LogP contribution is 2.24. The van der Waals surface area contributed by atoms with Crippen molar-refractivity contribution >= 4 is 33.2 Å². The first-order valence-electron chi connectivity index (χ1n) is 9.09. The molecule has 1 N–H and O–H groups in total. The summed E-state index contributed by atoms with van der Waals surface area (Å²) in [6, 6.07) is 12.2. The van der Waals surface area contributed by atoms with Crippen LogP contribution in [0.3, 0.4) is 0 Å². The maximum absolute atomic E-state index is 12.8. The lowest BCUT2D eigenvalue weighted by atomic mass is 10.1. The number of anilines is 1. The first-order chi connectivity index (χ1) is 13.4. The minimum Gasteiger partial charge on any atom is -0.379 e. The molecule has 6 nitrogen and oxygen atoms in total. The highest BCUT2D eigenvalue weighted by molar-refractivity contribution is 7.89. The Morgan fingerprint density at radius 1 is 1.14 bits per heavy atom. The monoisotopic (exact) mass is 422 g/mol. The molecule has 0 radical (unpaired) electrons. The summed E-state index contributed by atoms with van der Waals surface area (Å²) in [5.41, 5.74) is 2.33. The second-order valence-electron chi connectivity index (χ2n) is 6.67. The Kier molecular flexibility index (Phi) is 6.72. The molecule has 1 amide bonds. The molecule has 1 aliphatic rings. The minimum atomic E-state index is -3.61. The molecule has 3 rings (SSSR count). The van der Waals surface area contributed by atoms with Crippen LogP contribution in [0.1, 0.15) is 17.5 Å². The van der Waals surface area contributed by atoms with Crippen molar-refractivity contribution in [3.05, 3.63) is 58.6 Å². The van der Waals surface area contributed by atoms with Gasteiger partial charge in [-0.05, 0) is 48.7 Å². The van der Waals surface area contributed by atoms with Gasteiger partial charge in [0, 0.05) is 30.2 Å². The van der Waals surface area contributed by atoms with Crippen molar-refractivity contribution in [2.75, 3.05) is 31.6 Å². The van der Waals surface area contributed by atoms with E-state index >= 15 is 0 Å². The van der Waals surface area contributed by atoms with Gasteiger partial charge in [-0.3, -0.25) is 4.79 Å². The Morgan fingerprint density at radius 2 is 1.82 bits per heavy atom. The number of carbonyl (C=O) groups excluding carboxylic acids is 1. The number of nitrogens with one attached hydrogen (secondary N) is 1. The third-order valence-electron chi connectivity index (χ3n) is 4.64. The molecule has 2 aromatic carbocycles. The van der Waals surface area contributed by atoms with Crippen LogP contribution in [0.15, 0.2) is 47.4 Å². The number of benzene rings is 2. The molecule has 28 heavy (non-hydrogen) atoms. The second kappa shape index (κ2) is 9.05. The summed E-state index contributed by atoms with van der Waals surface area (Å²) in [4.78, 5) is 12.5. The van der Waals surface area contributed by atoms with E-state index in [0.717, 1.165) is 11.1 Å². The van der Waals surface area contributed by atoms with Gasteiger partial charge in [-0.2, -0.15) is 4.31 Å². The molecule has 0 spiro atoms. The summed E-state index contributed by atoms with van der Waals surface area (Å²) in [6.07, 6.45) is 0.870. The van der Waals surface area contributed by atoms with E-state index in [0.29, 0.717) is 49.9 Å². The molecule has 1 saturated heterocycles. The summed E-state index contributed by atoms with van der Waals surface area (Å²) >= 11 is 5.87. The Labute approximate surface area is 170 Å². The standard InChI is InChI=1S/C20H23ClN2O4S/c1-15-2-8-18(28(25,26)23-10-12-27-13-11-23)14-19(15)22-20(24)9-5-16-3-6-17(21)7-4-16/h2-4,6-8,14H,5,9-13H2,1H3,(H,22,24). The third-order valence-corrected chi connectivity index (χ3v) is 6.79. The average Bonchev–Trinajstić information content (AvgIpc) is 2.70. The van der Waals surface area contributed by atoms with Gasteiger partial charge in [0.05, 0.1) is 18.1 Å². The quantitative estimate of drug-likeness (QED) is 0.775. The summed E-state index contributed by atoms with van der Waals surface area (Å²) in [7, 11) is -3.61. The molecular weight excluding hydrogens is 400 g/mol. The van der Waals surface area contributed by atoms with E-state index in [2.05, 4.69) is 5.32 Å². The minimum absolute atomic E-state index is 0.168. The van der Waals surface area contributed by atoms with E-state index in [1.807, 2.05) is 19.1 Å². The largest absolute Gasteiger partial charge is 0.379 e. The van der Waals surface area contributed by atoms with E-state index < -0.39 is 10.0 Å². The number of carbonyl (C=O) groups is 1. The molecule has 0 atom stereocenters. The molecule has 0 saturated carbocycles. The number of nitrogens with zero attached hydrogens (tertiary/aromatic N) is 1. The van der Waals surface area contributed by atoms with Crippen LogP contribution in [0.2, 0.25) is 5.02 Å². The fraction of sp³-hybridized carbons (Fsp3) is 0.350. The zero-order valence-electron chi connectivity index (χ0n) is 15.7. The predicted molar refractivity (Wildman–Crippen MR) is 109 cm³/mol. The number of ether oxygens (including phenoxy) is 1. The highest BCUT2D eigenvalue weighted by atomic mass is 35.5. The van der Waals surface area contributed by atoms with Crippen LogP contribution >= 0.6 is 11.6 Å². The smallest absolute Gasteiger partial charge is 0.243 e. The maximum Gasteiger partial charge on any atom is 0.243 e. The molecule has 0 bridgehead atoms. The Morgan fingerprint density at radius 3 is 2.50 bits per heavy atom. The second-order valence-corrected chi connectivity index (χ2v) is 9.04. The first kappa shape index (κ1) is 20.8. The van der Waals surface area contributed by atoms with Gasteiger partial charge in [0.1, 0.15) is 0 Å². The van der Waals surface area contributed by atoms with Crippen LogP contribution in [0.5, 0.6) is 0 Å². The van der Waals surface area contributed by atoms with E-state index in [1.165, 1.54) is 10.4 Å². The van der Waals surface area contributed by atoms with Gasteiger partial charge >= 0.3 is 0 Å². The fourth-order valence-electron chi connectivity index (χ4n) is 2.95. The molecular formula is C20H23ClN2O4S. The van der Waals surface area contributed by atoms with E-state index in [-0.39, 0.29) is 10.8 Å². The number of rotatable bonds is 6. The summed E-state index contributed by atoms with van der Waals surface area (Å²) in [5, 5.41) is 3.49. The van der Waals surface area contributed by atoms with Crippen molar-refractivity contribution in [1.82, 2.24) is 4.31 Å². The molecule has 150 valence electrons. The number of amides is 1. The van der Waals surface area contributed by atoms with Crippen molar-refractivity contribution in [2.45, 2.75) is 24.7 Å².